The fourth-order valence-corrected chi connectivity index (χ4v) is 5.70. The molecule has 0 radical (unpaired) electrons. The second-order valence-electron chi connectivity index (χ2n) is 11.1. The monoisotopic (exact) mass is 633 g/mol. The number of aliphatic hydroxyl groups excluding tert-OH is 1. The van der Waals surface area contributed by atoms with Crippen molar-refractivity contribution in [1.82, 2.24) is 24.8 Å². The number of nitrogens with zero attached hydrogens (tertiary/aromatic N) is 4. The number of nitrogens with one attached hydrogen (secondary N) is 1. The number of nitrogen functional groups attached to an aromatic ring is 1. The molecule has 0 saturated carbocycles. The maximum atomic E-state index is 12.7. The molecule has 14 heteroatoms. The van der Waals surface area contributed by atoms with Crippen molar-refractivity contribution in [2.24, 2.45) is 5.73 Å². The largest absolute Gasteiger partial charge is 0.423 e. The number of fused-ring (bicyclic) bond motifs is 1. The molecular formula is C30H48N7O6P. The number of aromatic nitrogens is 4. The van der Waals surface area contributed by atoms with Crippen LogP contribution in [-0.4, -0.2) is 67.1 Å². The third-order valence-electron chi connectivity index (χ3n) is 7.30. The molecule has 3 aromatic rings. The smallest absolute Gasteiger partial charge is 0.402 e. The van der Waals surface area contributed by atoms with E-state index in [9.17, 15) is 19.4 Å². The molecule has 1 unspecified atom stereocenters. The molecule has 0 spiro atoms. The first kappa shape index (κ1) is 35.4. The van der Waals surface area contributed by atoms with Crippen LogP contribution < -0.4 is 21.3 Å². The Kier molecular flexibility index (Phi) is 15.0. The maximum Gasteiger partial charge on any atom is 0.402 e. The molecule has 0 bridgehead atoms. The average molecular weight is 634 g/mol. The number of rotatable bonds is 22. The van der Waals surface area contributed by atoms with Crippen molar-refractivity contribution in [3.05, 3.63) is 42.5 Å². The number of imidazole rings is 1. The Hall–Kier alpha value is -3.09. The zero-order valence-electron chi connectivity index (χ0n) is 25.6. The van der Waals surface area contributed by atoms with Crippen molar-refractivity contribution in [1.29, 1.82) is 0 Å². The predicted octanol–water partition coefficient (Wildman–Crippen LogP) is 3.91. The highest BCUT2D eigenvalue weighted by atomic mass is 31.2. The summed E-state index contributed by atoms with van der Waals surface area (Å²) in [4.78, 5) is 34.9. The number of benzene rings is 1. The topological polar surface area (TPSA) is 201 Å². The summed E-state index contributed by atoms with van der Waals surface area (Å²) in [6.07, 6.45) is 14.0. The first-order chi connectivity index (χ1) is 21.2. The molecular weight excluding hydrogens is 585 g/mol. The first-order valence-corrected chi connectivity index (χ1v) is 17.3. The Bertz CT molecular complexity index is 1320. The van der Waals surface area contributed by atoms with Crippen LogP contribution in [0.4, 0.5) is 5.82 Å². The second-order valence-corrected chi connectivity index (χ2v) is 12.8. The van der Waals surface area contributed by atoms with Crippen LogP contribution in [0.15, 0.2) is 36.9 Å². The van der Waals surface area contributed by atoms with Gasteiger partial charge in [-0.2, -0.15) is 0 Å². The van der Waals surface area contributed by atoms with Crippen molar-refractivity contribution >= 4 is 30.5 Å². The molecule has 3 rings (SSSR count). The summed E-state index contributed by atoms with van der Waals surface area (Å²) < 4.78 is 25.0. The van der Waals surface area contributed by atoms with Gasteiger partial charge in [0, 0.05) is 6.54 Å². The Morgan fingerprint density at radius 2 is 1.68 bits per heavy atom. The number of carbonyl (C=O) groups excluding carboxylic acids is 1. The minimum Gasteiger partial charge on any atom is -0.423 e. The third kappa shape index (κ3) is 12.1. The van der Waals surface area contributed by atoms with Crippen molar-refractivity contribution < 1.29 is 28.6 Å². The van der Waals surface area contributed by atoms with Gasteiger partial charge in [0.05, 0.1) is 31.6 Å². The number of unbranched alkanes of at least 4 members (excludes halogenated alkanes) is 9. The predicted molar refractivity (Wildman–Crippen MR) is 170 cm³/mol. The Labute approximate surface area is 259 Å². The van der Waals surface area contributed by atoms with Crippen LogP contribution >= 0.6 is 7.60 Å². The lowest BCUT2D eigenvalue weighted by molar-refractivity contribution is -0.122. The van der Waals surface area contributed by atoms with Gasteiger partial charge >= 0.3 is 7.60 Å². The molecule has 44 heavy (non-hydrogen) atoms. The van der Waals surface area contributed by atoms with Gasteiger partial charge in [0.15, 0.2) is 17.8 Å². The average Bonchev–Trinajstić information content (AvgIpc) is 3.42. The van der Waals surface area contributed by atoms with E-state index in [0.717, 1.165) is 18.4 Å². The number of hydrogen-bond donors (Lipinski definition) is 5. The molecule has 244 valence electrons. The van der Waals surface area contributed by atoms with E-state index in [4.69, 9.17) is 20.7 Å². The first-order valence-electron chi connectivity index (χ1n) is 15.5. The molecule has 13 nitrogen and oxygen atoms in total. The van der Waals surface area contributed by atoms with Crippen molar-refractivity contribution in [2.45, 2.75) is 96.2 Å². The van der Waals surface area contributed by atoms with Gasteiger partial charge in [-0.05, 0) is 30.5 Å². The van der Waals surface area contributed by atoms with E-state index in [1.54, 1.807) is 16.7 Å². The molecule has 3 atom stereocenters. The fourth-order valence-electron chi connectivity index (χ4n) is 4.79. The van der Waals surface area contributed by atoms with E-state index in [0.29, 0.717) is 24.1 Å². The lowest BCUT2D eigenvalue weighted by Crippen LogP contribution is -2.42. The van der Waals surface area contributed by atoms with Crippen LogP contribution in [0.5, 0.6) is 5.75 Å². The summed E-state index contributed by atoms with van der Waals surface area (Å²) in [6, 6.07) is 5.77. The third-order valence-corrected chi connectivity index (χ3v) is 8.27. The number of aliphatic hydroxyl groups is 1. The van der Waals surface area contributed by atoms with Gasteiger partial charge in [-0.25, -0.2) is 19.5 Å². The summed E-state index contributed by atoms with van der Waals surface area (Å²) in [6.45, 7) is 2.55. The van der Waals surface area contributed by atoms with Crippen LogP contribution in [0.2, 0.25) is 0 Å². The van der Waals surface area contributed by atoms with Crippen molar-refractivity contribution in [3.63, 3.8) is 0 Å². The van der Waals surface area contributed by atoms with Gasteiger partial charge in [0.25, 0.3) is 0 Å². The molecule has 0 aliphatic carbocycles. The highest BCUT2D eigenvalue weighted by Crippen LogP contribution is 2.43. The number of anilines is 1. The van der Waals surface area contributed by atoms with Crippen LogP contribution in [0.25, 0.3) is 11.2 Å². The zero-order chi connectivity index (χ0) is 31.8. The highest BCUT2D eigenvalue weighted by Gasteiger charge is 2.25. The molecule has 0 saturated heterocycles. The van der Waals surface area contributed by atoms with E-state index >= 15 is 0 Å². The zero-order valence-corrected chi connectivity index (χ0v) is 26.5. The van der Waals surface area contributed by atoms with E-state index in [-0.39, 0.29) is 24.0 Å². The number of hydrogen-bond acceptors (Lipinski definition) is 10. The van der Waals surface area contributed by atoms with Crippen LogP contribution in [-0.2, 0) is 27.1 Å². The van der Waals surface area contributed by atoms with Gasteiger partial charge in [-0.1, -0.05) is 76.8 Å². The van der Waals surface area contributed by atoms with E-state index in [1.807, 2.05) is 0 Å². The van der Waals surface area contributed by atoms with Gasteiger partial charge in [0.2, 0.25) is 5.91 Å². The summed E-state index contributed by atoms with van der Waals surface area (Å²) in [5, 5.41) is 12.7. The Balaban J connectivity index is 1.34. The molecule has 1 amide bonds. The van der Waals surface area contributed by atoms with Gasteiger partial charge in [-0.15, -0.1) is 0 Å². The fraction of sp³-hybridized carbons (Fsp3) is 0.600. The number of amides is 1. The normalized spacial score (nSPS) is 14.3. The summed E-state index contributed by atoms with van der Waals surface area (Å²) in [5.41, 5.74) is 13.6. The summed E-state index contributed by atoms with van der Waals surface area (Å²) in [7, 11) is -4.21. The van der Waals surface area contributed by atoms with Crippen molar-refractivity contribution in [2.75, 3.05) is 25.2 Å². The molecule has 7 N–H and O–H groups in total. The van der Waals surface area contributed by atoms with Crippen LogP contribution in [0.1, 0.15) is 76.7 Å². The molecule has 0 aliphatic heterocycles. The summed E-state index contributed by atoms with van der Waals surface area (Å²) in [5.74, 6) is 0.186. The van der Waals surface area contributed by atoms with Gasteiger partial charge < -0.3 is 40.6 Å². The Morgan fingerprint density at radius 1 is 1.02 bits per heavy atom. The molecule has 0 aliphatic rings. The maximum absolute atomic E-state index is 12.7. The number of nitrogens with two attached hydrogens (primary N) is 2. The molecule has 0 fully saturated rings. The molecule has 2 heterocycles. The quantitative estimate of drug-likeness (QED) is 0.0793. The molecule has 1 aromatic carbocycles. The lowest BCUT2D eigenvalue weighted by atomic mass is 10.1. The standard InChI is InChI=1S/C30H48N7O6P/c1-2-3-4-5-6-7-8-9-10-11-16-33-30(39)26(31)17-23-12-14-24(15-13-23)43-44(40,41)22-42-25(19-38)18-37-21-36-27-28(32)34-20-35-29(27)37/h12-15,20-21,25-26,38H,2-11,16-19,22,31H2,1H3,(H,33,39)(H,40,41)(H2,32,34,35)/t25-,26-/m0/s1. The Morgan fingerprint density at radius 3 is 2.34 bits per heavy atom. The van der Waals surface area contributed by atoms with Gasteiger partial charge in [0.1, 0.15) is 17.6 Å². The summed E-state index contributed by atoms with van der Waals surface area (Å²) >= 11 is 0. The lowest BCUT2D eigenvalue weighted by Gasteiger charge is -2.19. The minimum absolute atomic E-state index is 0.116. The minimum atomic E-state index is -4.21. The van der Waals surface area contributed by atoms with Crippen LogP contribution in [0.3, 0.4) is 0 Å². The highest BCUT2D eigenvalue weighted by molar-refractivity contribution is 7.53. The molecule has 2 aromatic heterocycles. The van der Waals surface area contributed by atoms with Crippen LogP contribution in [0, 0.1) is 0 Å². The SMILES string of the molecule is CCCCCCCCCCCCNC(=O)[C@@H](N)Cc1ccc(OP(=O)(O)CO[C@H](CO)Cn2cnc3c(N)ncnc32)cc1. The number of carbonyl (C=O) groups is 1. The van der Waals surface area contributed by atoms with Gasteiger partial charge in [-0.3, -0.25) is 4.79 Å². The van der Waals surface area contributed by atoms with E-state index in [1.165, 1.54) is 76.2 Å². The van der Waals surface area contributed by atoms with Crippen molar-refractivity contribution in [3.8, 4) is 5.75 Å². The number of ether oxygens (including phenoxy) is 1. The second kappa shape index (κ2) is 18.7. The van der Waals surface area contributed by atoms with E-state index < -0.39 is 32.7 Å². The van der Waals surface area contributed by atoms with E-state index in [2.05, 4.69) is 27.2 Å².